The van der Waals surface area contributed by atoms with Crippen LogP contribution in [0.3, 0.4) is 0 Å². The molecule has 8 nitrogen and oxygen atoms in total. The average Bonchev–Trinajstić information content (AvgIpc) is 3.45. The Balaban J connectivity index is 1.56. The number of carbonyl (C=O) groups excluding carboxylic acids is 1. The maximum absolute atomic E-state index is 12.3. The number of nitrogens with zero attached hydrogens (tertiary/aromatic N) is 2. The van der Waals surface area contributed by atoms with Crippen LogP contribution in [0.4, 0.5) is 0 Å². The van der Waals surface area contributed by atoms with Gasteiger partial charge in [0.2, 0.25) is 0 Å². The number of pyridine rings is 1. The van der Waals surface area contributed by atoms with Crippen LogP contribution < -0.4 is 4.74 Å². The summed E-state index contributed by atoms with van der Waals surface area (Å²) in [7, 11) is -3.31. The van der Waals surface area contributed by atoms with Crippen LogP contribution in [0.25, 0.3) is 22.6 Å². The van der Waals surface area contributed by atoms with Crippen molar-refractivity contribution < 1.29 is 22.7 Å². The van der Waals surface area contributed by atoms with Gasteiger partial charge in [0.1, 0.15) is 17.2 Å². The molecule has 1 fully saturated rings. The molecular formula is C24H21N3O5S. The number of hydrogen-bond donors (Lipinski definition) is 1. The van der Waals surface area contributed by atoms with E-state index < -0.39 is 15.8 Å². The van der Waals surface area contributed by atoms with Crippen LogP contribution in [-0.2, 0) is 19.4 Å². The molecule has 0 spiro atoms. The van der Waals surface area contributed by atoms with Gasteiger partial charge in [-0.15, -0.1) is 0 Å². The van der Waals surface area contributed by atoms with Gasteiger partial charge in [0.15, 0.2) is 15.7 Å². The second-order valence-corrected chi connectivity index (χ2v) is 9.97. The standard InChI is InChI=1S/C24H21N3O5S/c1-2-33(29,30)16-8-6-15(7-9-16)32-22-14-21-20(13-18(22)17-10-12-31-24(17)28)26-23(27-21)19-5-3-4-11-25-19/h3-9,11,13-14,17H,2,10,12H2,1H3,(H,26,27). The number of rotatable bonds is 6. The molecule has 168 valence electrons. The number of nitrogens with one attached hydrogen (secondary N) is 1. The van der Waals surface area contributed by atoms with Crippen molar-refractivity contribution in [2.45, 2.75) is 24.2 Å². The van der Waals surface area contributed by atoms with Gasteiger partial charge in [0, 0.05) is 17.8 Å². The summed E-state index contributed by atoms with van der Waals surface area (Å²) in [5.41, 5.74) is 2.80. The molecule has 1 unspecified atom stereocenters. The van der Waals surface area contributed by atoms with E-state index in [1.807, 2.05) is 24.3 Å². The number of hydrogen-bond acceptors (Lipinski definition) is 7. The maximum Gasteiger partial charge on any atom is 0.313 e. The summed E-state index contributed by atoms with van der Waals surface area (Å²) < 4.78 is 35.5. The van der Waals surface area contributed by atoms with Crippen molar-refractivity contribution in [2.24, 2.45) is 0 Å². The van der Waals surface area contributed by atoms with Crippen molar-refractivity contribution in [1.29, 1.82) is 0 Å². The molecular weight excluding hydrogens is 442 g/mol. The average molecular weight is 464 g/mol. The van der Waals surface area contributed by atoms with Gasteiger partial charge in [0.25, 0.3) is 0 Å². The van der Waals surface area contributed by atoms with E-state index in [1.165, 1.54) is 12.1 Å². The van der Waals surface area contributed by atoms with Gasteiger partial charge in [0.05, 0.1) is 34.2 Å². The van der Waals surface area contributed by atoms with Crippen molar-refractivity contribution in [2.75, 3.05) is 12.4 Å². The molecule has 0 saturated carbocycles. The molecule has 0 amide bonds. The molecule has 4 aromatic rings. The number of aromatic amines is 1. The normalized spacial score (nSPS) is 16.2. The van der Waals surface area contributed by atoms with E-state index in [9.17, 15) is 13.2 Å². The predicted octanol–water partition coefficient (Wildman–Crippen LogP) is 4.24. The predicted molar refractivity (Wildman–Crippen MR) is 122 cm³/mol. The lowest BCUT2D eigenvalue weighted by Gasteiger charge is -2.14. The van der Waals surface area contributed by atoms with Crippen molar-refractivity contribution in [3.63, 3.8) is 0 Å². The molecule has 1 saturated heterocycles. The van der Waals surface area contributed by atoms with E-state index in [0.717, 1.165) is 5.52 Å². The summed E-state index contributed by atoms with van der Waals surface area (Å²) in [5.74, 6) is 0.805. The highest BCUT2D eigenvalue weighted by atomic mass is 32.2. The number of sulfone groups is 1. The Kier molecular flexibility index (Phi) is 5.33. The summed E-state index contributed by atoms with van der Waals surface area (Å²) in [4.78, 5) is 24.8. The van der Waals surface area contributed by atoms with E-state index in [2.05, 4.69) is 15.0 Å². The van der Waals surface area contributed by atoms with Crippen molar-refractivity contribution in [3.05, 3.63) is 66.4 Å². The number of fused-ring (bicyclic) bond motifs is 1. The monoisotopic (exact) mass is 463 g/mol. The minimum atomic E-state index is -3.31. The molecule has 3 heterocycles. The van der Waals surface area contributed by atoms with Crippen molar-refractivity contribution >= 4 is 26.8 Å². The SMILES string of the molecule is CCS(=O)(=O)c1ccc(Oc2cc3nc(-c4ccccn4)[nH]c3cc2C2CCOC2=O)cc1. The molecule has 1 N–H and O–H groups in total. The van der Waals surface area contributed by atoms with Crippen LogP contribution in [0, 0.1) is 0 Å². The number of carbonyl (C=O) groups is 1. The van der Waals surface area contributed by atoms with Crippen LogP contribution in [0.15, 0.2) is 65.7 Å². The summed E-state index contributed by atoms with van der Waals surface area (Å²) in [6.45, 7) is 1.96. The van der Waals surface area contributed by atoms with E-state index in [1.54, 1.807) is 31.3 Å². The van der Waals surface area contributed by atoms with Crippen LogP contribution in [0.2, 0.25) is 0 Å². The highest BCUT2D eigenvalue weighted by Gasteiger charge is 2.31. The van der Waals surface area contributed by atoms with Gasteiger partial charge in [-0.1, -0.05) is 13.0 Å². The zero-order chi connectivity index (χ0) is 23.0. The molecule has 2 aromatic heterocycles. The Bertz CT molecular complexity index is 1430. The Labute approximate surface area is 190 Å². The zero-order valence-corrected chi connectivity index (χ0v) is 18.6. The summed E-state index contributed by atoms with van der Waals surface area (Å²) in [6.07, 6.45) is 2.25. The number of ether oxygens (including phenoxy) is 2. The van der Waals surface area contributed by atoms with E-state index in [0.29, 0.717) is 47.1 Å². The Hall–Kier alpha value is -3.72. The van der Waals surface area contributed by atoms with Gasteiger partial charge < -0.3 is 14.5 Å². The first-order valence-corrected chi connectivity index (χ1v) is 12.2. The quantitative estimate of drug-likeness (QED) is 0.426. The lowest BCUT2D eigenvalue weighted by atomic mass is 9.96. The molecule has 1 aliphatic heterocycles. The smallest absolute Gasteiger partial charge is 0.313 e. The largest absolute Gasteiger partial charge is 0.465 e. The van der Waals surface area contributed by atoms with Crippen LogP contribution >= 0.6 is 0 Å². The molecule has 33 heavy (non-hydrogen) atoms. The molecule has 0 radical (unpaired) electrons. The second kappa shape index (κ2) is 8.32. The molecule has 5 rings (SSSR count). The fourth-order valence-corrected chi connectivity index (χ4v) is 4.71. The van der Waals surface area contributed by atoms with E-state index in [-0.39, 0.29) is 16.6 Å². The number of H-pyrrole nitrogens is 1. The fraction of sp³-hybridized carbons (Fsp3) is 0.208. The minimum Gasteiger partial charge on any atom is -0.465 e. The molecule has 9 heteroatoms. The number of aromatic nitrogens is 3. The third kappa shape index (κ3) is 4.07. The second-order valence-electron chi connectivity index (χ2n) is 7.69. The topological polar surface area (TPSA) is 111 Å². The number of benzene rings is 2. The van der Waals surface area contributed by atoms with Gasteiger partial charge in [-0.2, -0.15) is 0 Å². The van der Waals surface area contributed by atoms with E-state index in [4.69, 9.17) is 9.47 Å². The minimum absolute atomic E-state index is 0.0234. The maximum atomic E-state index is 12.3. The van der Waals surface area contributed by atoms with Gasteiger partial charge in [-0.05, 0) is 48.9 Å². The lowest BCUT2D eigenvalue weighted by molar-refractivity contribution is -0.139. The highest BCUT2D eigenvalue weighted by molar-refractivity contribution is 7.91. The zero-order valence-electron chi connectivity index (χ0n) is 17.8. The van der Waals surface area contributed by atoms with Gasteiger partial charge in [-0.25, -0.2) is 13.4 Å². The number of esters is 1. The first-order valence-electron chi connectivity index (χ1n) is 10.6. The van der Waals surface area contributed by atoms with Crippen molar-refractivity contribution in [1.82, 2.24) is 15.0 Å². The van der Waals surface area contributed by atoms with Crippen LogP contribution in [0.5, 0.6) is 11.5 Å². The number of cyclic esters (lactones) is 1. The first-order chi connectivity index (χ1) is 15.9. The summed E-state index contributed by atoms with van der Waals surface area (Å²) in [6, 6.07) is 15.4. The van der Waals surface area contributed by atoms with Gasteiger partial charge in [-0.3, -0.25) is 9.78 Å². The highest BCUT2D eigenvalue weighted by Crippen LogP contribution is 2.38. The van der Waals surface area contributed by atoms with Gasteiger partial charge >= 0.3 is 5.97 Å². The van der Waals surface area contributed by atoms with Crippen LogP contribution in [-0.4, -0.2) is 41.7 Å². The molecule has 1 atom stereocenters. The molecule has 0 bridgehead atoms. The molecule has 2 aromatic carbocycles. The van der Waals surface area contributed by atoms with Crippen molar-refractivity contribution in [3.8, 4) is 23.0 Å². The molecule has 0 aliphatic carbocycles. The first kappa shape index (κ1) is 21.1. The third-order valence-electron chi connectivity index (χ3n) is 5.62. The Morgan fingerprint density at radius 1 is 1.15 bits per heavy atom. The lowest BCUT2D eigenvalue weighted by Crippen LogP contribution is -2.07. The summed E-state index contributed by atoms with van der Waals surface area (Å²) in [5, 5.41) is 0. The molecule has 1 aliphatic rings. The van der Waals surface area contributed by atoms with E-state index >= 15 is 0 Å². The Morgan fingerprint density at radius 2 is 1.97 bits per heavy atom. The summed E-state index contributed by atoms with van der Waals surface area (Å²) >= 11 is 0. The third-order valence-corrected chi connectivity index (χ3v) is 7.37. The number of imidazole rings is 1. The fourth-order valence-electron chi connectivity index (χ4n) is 3.83. The Morgan fingerprint density at radius 3 is 2.64 bits per heavy atom. The van der Waals surface area contributed by atoms with Crippen LogP contribution in [0.1, 0.15) is 24.8 Å².